The van der Waals surface area contributed by atoms with E-state index in [-0.39, 0.29) is 48.6 Å². The van der Waals surface area contributed by atoms with Gasteiger partial charge in [0, 0.05) is 41.5 Å². The highest BCUT2D eigenvalue weighted by molar-refractivity contribution is 7.53. The molecule has 1 aromatic rings. The molecule has 0 heterocycles. The predicted molar refractivity (Wildman–Crippen MR) is 93.9 cm³/mol. The molecular weight excluding hydrogens is 374 g/mol. The number of carbonyl (C=O) groups excluding carboxylic acids is 2. The molecule has 0 fully saturated rings. The molecule has 1 unspecified atom stereocenters. The van der Waals surface area contributed by atoms with E-state index in [2.05, 4.69) is 0 Å². The Balaban J connectivity index is 2.13. The molecule has 6 nitrogen and oxygen atoms in total. The molecule has 0 saturated carbocycles. The van der Waals surface area contributed by atoms with E-state index in [9.17, 15) is 14.2 Å². The predicted octanol–water partition coefficient (Wildman–Crippen LogP) is 2.86. The van der Waals surface area contributed by atoms with Gasteiger partial charge in [0.1, 0.15) is 0 Å². The van der Waals surface area contributed by atoms with E-state index in [0.29, 0.717) is 11.1 Å². The molecule has 130 valence electrons. The number of nitrogens with two attached hydrogens (primary N) is 1. The minimum absolute atomic E-state index is 0.112. The summed E-state index contributed by atoms with van der Waals surface area (Å²) in [4.78, 5) is 24.5. The number of alkyl halides is 2. The fourth-order valence-corrected chi connectivity index (χ4v) is 4.20. The van der Waals surface area contributed by atoms with Crippen LogP contribution in [0.4, 0.5) is 0 Å². The number of halogens is 2. The van der Waals surface area contributed by atoms with Gasteiger partial charge in [0.05, 0.1) is 6.61 Å². The van der Waals surface area contributed by atoms with E-state index >= 15 is 0 Å². The third-order valence-electron chi connectivity index (χ3n) is 3.52. The van der Waals surface area contributed by atoms with Gasteiger partial charge in [0.2, 0.25) is 0 Å². The first kappa shape index (κ1) is 19.3. The second-order valence-corrected chi connectivity index (χ2v) is 7.79. The van der Waals surface area contributed by atoms with Crippen molar-refractivity contribution < 1.29 is 18.7 Å². The third-order valence-corrected chi connectivity index (χ3v) is 5.54. The molecule has 0 spiro atoms. The minimum Gasteiger partial charge on any atom is -0.301 e. The van der Waals surface area contributed by atoms with Crippen LogP contribution in [0.25, 0.3) is 0 Å². The SMILES string of the molecule is NP(=O)(OCC1=CC(=O)c2ccccc2C1=O)N(CCCl)CCCl. The van der Waals surface area contributed by atoms with E-state index in [1.807, 2.05) is 0 Å². The van der Waals surface area contributed by atoms with Crippen molar-refractivity contribution in [2.45, 2.75) is 0 Å². The van der Waals surface area contributed by atoms with Gasteiger partial charge in [0.15, 0.2) is 11.6 Å². The molecule has 0 aliphatic heterocycles. The van der Waals surface area contributed by atoms with E-state index in [0.717, 1.165) is 0 Å². The van der Waals surface area contributed by atoms with Crippen molar-refractivity contribution in [2.75, 3.05) is 31.5 Å². The van der Waals surface area contributed by atoms with Gasteiger partial charge >= 0.3 is 7.67 Å². The molecule has 0 saturated heterocycles. The quantitative estimate of drug-likeness (QED) is 0.542. The van der Waals surface area contributed by atoms with Crippen LogP contribution in [0.3, 0.4) is 0 Å². The largest absolute Gasteiger partial charge is 0.341 e. The van der Waals surface area contributed by atoms with Gasteiger partial charge in [-0.2, -0.15) is 0 Å². The molecule has 0 bridgehead atoms. The zero-order valence-electron chi connectivity index (χ0n) is 12.8. The summed E-state index contributed by atoms with van der Waals surface area (Å²) in [5, 5.41) is 0. The number of rotatable bonds is 8. The molecule has 1 aromatic carbocycles. The number of carbonyl (C=O) groups is 2. The molecule has 24 heavy (non-hydrogen) atoms. The first-order valence-electron chi connectivity index (χ1n) is 7.20. The zero-order valence-corrected chi connectivity index (χ0v) is 15.2. The van der Waals surface area contributed by atoms with Gasteiger partial charge in [0.25, 0.3) is 0 Å². The molecule has 1 aliphatic rings. The van der Waals surface area contributed by atoms with E-state index < -0.39 is 7.67 Å². The van der Waals surface area contributed by atoms with Crippen molar-refractivity contribution in [1.29, 1.82) is 0 Å². The summed E-state index contributed by atoms with van der Waals surface area (Å²) in [6.07, 6.45) is 1.19. The molecule has 0 radical (unpaired) electrons. The molecule has 0 amide bonds. The Labute approximate surface area is 150 Å². The van der Waals surface area contributed by atoms with Crippen molar-refractivity contribution >= 4 is 42.4 Å². The number of ketones is 2. The Morgan fingerprint density at radius 2 is 1.67 bits per heavy atom. The number of nitrogens with zero attached hydrogens (tertiary/aromatic N) is 1. The van der Waals surface area contributed by atoms with E-state index in [4.69, 9.17) is 33.2 Å². The van der Waals surface area contributed by atoms with Crippen LogP contribution in [0.5, 0.6) is 0 Å². The maximum Gasteiger partial charge on any atom is 0.341 e. The summed E-state index contributed by atoms with van der Waals surface area (Å²) in [7, 11) is -3.67. The third kappa shape index (κ3) is 4.33. The standard InChI is InChI=1S/C15H17Cl2N2O4P/c16-5-7-19(8-6-17)24(18,22)23-10-11-9-14(20)12-3-1-2-4-13(12)15(11)21/h1-4,9H,5-8,10H2,(H2,18,22). The van der Waals surface area contributed by atoms with Crippen LogP contribution in [-0.2, 0) is 9.09 Å². The van der Waals surface area contributed by atoms with Crippen LogP contribution >= 0.6 is 30.9 Å². The van der Waals surface area contributed by atoms with Crippen LogP contribution in [0.2, 0.25) is 0 Å². The van der Waals surface area contributed by atoms with E-state index in [1.54, 1.807) is 24.3 Å². The number of benzene rings is 1. The molecule has 2 rings (SSSR count). The average molecular weight is 391 g/mol. The van der Waals surface area contributed by atoms with Gasteiger partial charge < -0.3 is 4.52 Å². The minimum atomic E-state index is -3.67. The van der Waals surface area contributed by atoms with Crippen molar-refractivity contribution in [1.82, 2.24) is 4.67 Å². The Kier molecular flexibility index (Phi) is 6.75. The number of Topliss-reactive ketones (excluding diaryl/α,β-unsaturated/α-hetero) is 1. The molecule has 0 aromatic heterocycles. The highest BCUT2D eigenvalue weighted by atomic mass is 35.5. The second-order valence-electron chi connectivity index (χ2n) is 5.08. The van der Waals surface area contributed by atoms with Crippen molar-refractivity contribution in [3.05, 3.63) is 47.0 Å². The van der Waals surface area contributed by atoms with Gasteiger partial charge in [-0.3, -0.25) is 14.2 Å². The zero-order chi connectivity index (χ0) is 17.7. The number of hydrogen-bond donors (Lipinski definition) is 1. The van der Waals surface area contributed by atoms with Crippen LogP contribution in [0, 0.1) is 0 Å². The summed E-state index contributed by atoms with van der Waals surface area (Å²) >= 11 is 11.3. The summed E-state index contributed by atoms with van der Waals surface area (Å²) in [6.45, 7) is 0.140. The van der Waals surface area contributed by atoms with E-state index in [1.165, 1.54) is 10.7 Å². The lowest BCUT2D eigenvalue weighted by Gasteiger charge is -2.27. The Morgan fingerprint density at radius 1 is 1.08 bits per heavy atom. The second kappa shape index (κ2) is 8.39. The highest BCUT2D eigenvalue weighted by Gasteiger charge is 2.30. The molecule has 2 N–H and O–H groups in total. The number of hydrogen-bond acceptors (Lipinski definition) is 4. The molecule has 1 atom stereocenters. The monoisotopic (exact) mass is 390 g/mol. The molecule has 9 heteroatoms. The van der Waals surface area contributed by atoms with Crippen molar-refractivity contribution in [3.8, 4) is 0 Å². The first-order chi connectivity index (χ1) is 11.4. The highest BCUT2D eigenvalue weighted by Crippen LogP contribution is 2.43. The van der Waals surface area contributed by atoms with Crippen LogP contribution in [-0.4, -0.2) is 47.7 Å². The number of fused-ring (bicyclic) bond motifs is 1. The normalized spacial score (nSPS) is 16.8. The lowest BCUT2D eigenvalue weighted by atomic mass is 9.90. The molecule has 1 aliphatic carbocycles. The number of allylic oxidation sites excluding steroid dienone is 1. The van der Waals surface area contributed by atoms with Crippen LogP contribution < -0.4 is 5.50 Å². The smallest absolute Gasteiger partial charge is 0.301 e. The van der Waals surface area contributed by atoms with Gasteiger partial charge in [-0.25, -0.2) is 10.2 Å². The van der Waals surface area contributed by atoms with Crippen molar-refractivity contribution in [2.24, 2.45) is 5.50 Å². The Hall–Kier alpha value is -1.01. The van der Waals surface area contributed by atoms with Gasteiger partial charge in [-0.15, -0.1) is 23.2 Å². The summed E-state index contributed by atoms with van der Waals surface area (Å²) < 4.78 is 19.1. The summed E-state index contributed by atoms with van der Waals surface area (Å²) in [6, 6.07) is 6.51. The fraction of sp³-hybridized carbons (Fsp3) is 0.333. The average Bonchev–Trinajstić information content (AvgIpc) is 2.57. The summed E-state index contributed by atoms with van der Waals surface area (Å²) in [5.74, 6) is -0.232. The lowest BCUT2D eigenvalue weighted by molar-refractivity contribution is 0.0974. The van der Waals surface area contributed by atoms with Crippen molar-refractivity contribution in [3.63, 3.8) is 0 Å². The van der Waals surface area contributed by atoms with Gasteiger partial charge in [-0.1, -0.05) is 24.3 Å². The summed E-state index contributed by atoms with van der Waals surface area (Å²) in [5.41, 5.74) is 6.50. The topological polar surface area (TPSA) is 89.7 Å². The Morgan fingerprint density at radius 3 is 2.25 bits per heavy atom. The van der Waals surface area contributed by atoms with Crippen LogP contribution in [0.15, 0.2) is 35.9 Å². The van der Waals surface area contributed by atoms with Gasteiger partial charge in [-0.05, 0) is 6.08 Å². The Bertz CT molecular complexity index is 717. The first-order valence-corrected chi connectivity index (χ1v) is 9.91. The van der Waals surface area contributed by atoms with Crippen LogP contribution in [0.1, 0.15) is 20.7 Å². The lowest BCUT2D eigenvalue weighted by Crippen LogP contribution is -2.30. The molecular formula is C15H17Cl2N2O4P. The fourth-order valence-electron chi connectivity index (χ4n) is 2.31. The maximum atomic E-state index is 12.5. The maximum absolute atomic E-state index is 12.5.